The molecule has 0 bridgehead atoms. The number of ether oxygens (including phenoxy) is 1. The molecule has 2 rings (SSSR count). The van der Waals surface area contributed by atoms with E-state index in [0.29, 0.717) is 5.56 Å². The molecule has 0 atom stereocenters. The van der Waals surface area contributed by atoms with E-state index in [1.165, 1.54) is 0 Å². The van der Waals surface area contributed by atoms with Crippen molar-refractivity contribution in [3.05, 3.63) is 34.9 Å². The van der Waals surface area contributed by atoms with Crippen molar-refractivity contribution in [3.63, 3.8) is 0 Å². The Morgan fingerprint density at radius 3 is 2.79 bits per heavy atom. The van der Waals surface area contributed by atoms with Crippen LogP contribution in [0.2, 0.25) is 0 Å². The summed E-state index contributed by atoms with van der Waals surface area (Å²) in [5.74, 6) is 2.27. The van der Waals surface area contributed by atoms with Crippen LogP contribution in [0.1, 0.15) is 35.3 Å². The lowest BCUT2D eigenvalue weighted by Gasteiger charge is -2.17. The van der Waals surface area contributed by atoms with Gasteiger partial charge in [-0.1, -0.05) is 5.92 Å². The Morgan fingerprint density at radius 1 is 1.43 bits per heavy atom. The van der Waals surface area contributed by atoms with Crippen LogP contribution in [0.3, 0.4) is 0 Å². The fraction of sp³-hybridized carbons (Fsp3) is 0.250. The largest absolute Gasteiger partial charge is 0.451 e. The molecule has 14 heavy (non-hydrogen) atoms. The summed E-state index contributed by atoms with van der Waals surface area (Å²) in [5.41, 5.74) is 1.71. The quantitative estimate of drug-likeness (QED) is 0.458. The Kier molecular flexibility index (Phi) is 1.65. The monoisotopic (exact) mass is 186 g/mol. The predicted molar refractivity (Wildman–Crippen MR) is 52.8 cm³/mol. The number of carbonyl (C=O) groups excluding carboxylic acids is 1. The summed E-state index contributed by atoms with van der Waals surface area (Å²) in [7, 11) is 0. The van der Waals surface area contributed by atoms with Crippen LogP contribution in [0, 0.1) is 12.3 Å². The summed E-state index contributed by atoms with van der Waals surface area (Å²) in [6, 6.07) is 5.31. The van der Waals surface area contributed by atoms with Crippen molar-refractivity contribution < 1.29 is 9.53 Å². The van der Waals surface area contributed by atoms with E-state index in [1.807, 2.05) is 19.9 Å². The van der Waals surface area contributed by atoms with Gasteiger partial charge < -0.3 is 4.74 Å². The maximum atomic E-state index is 11.4. The Labute approximate surface area is 82.9 Å². The van der Waals surface area contributed by atoms with Gasteiger partial charge in [-0.25, -0.2) is 4.79 Å². The Morgan fingerprint density at radius 2 is 2.14 bits per heavy atom. The zero-order chi connectivity index (χ0) is 10.3. The molecule has 1 aromatic carbocycles. The lowest BCUT2D eigenvalue weighted by atomic mass is 9.94. The maximum Gasteiger partial charge on any atom is 0.339 e. The van der Waals surface area contributed by atoms with Crippen LogP contribution in [-0.2, 0) is 10.3 Å². The fourth-order valence-corrected chi connectivity index (χ4v) is 1.65. The molecule has 70 valence electrons. The highest BCUT2D eigenvalue weighted by Crippen LogP contribution is 2.35. The number of cyclic esters (lactones) is 1. The first-order valence-corrected chi connectivity index (χ1v) is 4.39. The number of benzene rings is 1. The number of rotatable bonds is 0. The molecule has 1 aliphatic heterocycles. The molecule has 0 fully saturated rings. The standard InChI is InChI=1S/C12H10O2/c1-4-8-5-6-9-10(7-8)12(2,3)14-11(9)13/h1,5-7H,2-3H3. The van der Waals surface area contributed by atoms with Gasteiger partial charge in [0.15, 0.2) is 0 Å². The van der Waals surface area contributed by atoms with Crippen LogP contribution in [0.4, 0.5) is 0 Å². The summed E-state index contributed by atoms with van der Waals surface area (Å²) in [6.07, 6.45) is 5.29. The number of hydrogen-bond donors (Lipinski definition) is 0. The lowest BCUT2D eigenvalue weighted by molar-refractivity contribution is 0.00954. The van der Waals surface area contributed by atoms with Crippen molar-refractivity contribution in [2.75, 3.05) is 0 Å². The van der Waals surface area contributed by atoms with Gasteiger partial charge in [-0.05, 0) is 32.0 Å². The van der Waals surface area contributed by atoms with Crippen LogP contribution in [-0.4, -0.2) is 5.97 Å². The van der Waals surface area contributed by atoms with Crippen LogP contribution in [0.25, 0.3) is 0 Å². The number of esters is 1. The third kappa shape index (κ3) is 1.10. The van der Waals surface area contributed by atoms with Crippen molar-refractivity contribution in [2.45, 2.75) is 19.4 Å². The average Bonchev–Trinajstić information content (AvgIpc) is 2.37. The molecule has 0 aliphatic carbocycles. The second-order valence-electron chi connectivity index (χ2n) is 3.80. The summed E-state index contributed by atoms with van der Waals surface area (Å²) < 4.78 is 5.21. The second-order valence-corrected chi connectivity index (χ2v) is 3.80. The minimum absolute atomic E-state index is 0.270. The van der Waals surface area contributed by atoms with E-state index in [1.54, 1.807) is 12.1 Å². The smallest absolute Gasteiger partial charge is 0.339 e. The summed E-state index contributed by atoms with van der Waals surface area (Å²) in [4.78, 5) is 11.4. The Balaban J connectivity index is 2.66. The van der Waals surface area contributed by atoms with Crippen molar-refractivity contribution in [1.82, 2.24) is 0 Å². The fourth-order valence-electron chi connectivity index (χ4n) is 1.65. The number of fused-ring (bicyclic) bond motifs is 1. The van der Waals surface area contributed by atoms with Gasteiger partial charge >= 0.3 is 5.97 Å². The highest BCUT2D eigenvalue weighted by molar-refractivity contribution is 5.94. The number of terminal acetylenes is 1. The highest BCUT2D eigenvalue weighted by Gasteiger charge is 2.37. The van der Waals surface area contributed by atoms with Gasteiger partial charge in [-0.3, -0.25) is 0 Å². The zero-order valence-corrected chi connectivity index (χ0v) is 8.13. The minimum Gasteiger partial charge on any atom is -0.451 e. The number of hydrogen-bond acceptors (Lipinski definition) is 2. The molecule has 1 aromatic rings. The van der Waals surface area contributed by atoms with E-state index in [9.17, 15) is 4.79 Å². The summed E-state index contributed by atoms with van der Waals surface area (Å²) >= 11 is 0. The predicted octanol–water partition coefficient (Wildman–Crippen LogP) is 2.07. The molecule has 0 aromatic heterocycles. The number of carbonyl (C=O) groups is 1. The van der Waals surface area contributed by atoms with E-state index in [-0.39, 0.29) is 5.97 Å². The normalized spacial score (nSPS) is 17.1. The minimum atomic E-state index is -0.556. The van der Waals surface area contributed by atoms with Gasteiger partial charge in [0.2, 0.25) is 0 Å². The molecule has 2 heteroatoms. The third-order valence-corrected chi connectivity index (χ3v) is 2.40. The van der Waals surface area contributed by atoms with E-state index >= 15 is 0 Å². The molecule has 0 spiro atoms. The van der Waals surface area contributed by atoms with E-state index in [2.05, 4.69) is 5.92 Å². The van der Waals surface area contributed by atoms with Crippen LogP contribution in [0.15, 0.2) is 18.2 Å². The van der Waals surface area contributed by atoms with E-state index < -0.39 is 5.60 Å². The van der Waals surface area contributed by atoms with Crippen molar-refractivity contribution in [3.8, 4) is 12.3 Å². The van der Waals surface area contributed by atoms with Gasteiger partial charge in [0, 0.05) is 11.1 Å². The molecular formula is C12H10O2. The molecule has 0 saturated heterocycles. The second kappa shape index (κ2) is 2.62. The molecule has 0 radical (unpaired) electrons. The van der Waals surface area contributed by atoms with E-state index in [0.717, 1.165) is 11.1 Å². The maximum absolute atomic E-state index is 11.4. The van der Waals surface area contributed by atoms with Crippen LogP contribution in [0.5, 0.6) is 0 Å². The Hall–Kier alpha value is -1.75. The van der Waals surface area contributed by atoms with Gasteiger partial charge in [0.25, 0.3) is 0 Å². The lowest BCUT2D eigenvalue weighted by Crippen LogP contribution is -2.16. The molecule has 0 amide bonds. The molecular weight excluding hydrogens is 176 g/mol. The molecule has 1 aliphatic rings. The average molecular weight is 186 g/mol. The summed E-state index contributed by atoms with van der Waals surface area (Å²) in [5, 5.41) is 0. The molecule has 2 nitrogen and oxygen atoms in total. The topological polar surface area (TPSA) is 26.3 Å². The highest BCUT2D eigenvalue weighted by atomic mass is 16.6. The first-order chi connectivity index (χ1) is 6.54. The van der Waals surface area contributed by atoms with E-state index in [4.69, 9.17) is 11.2 Å². The first kappa shape index (κ1) is 8.83. The SMILES string of the molecule is C#Cc1ccc2c(c1)C(C)(C)OC2=O. The molecule has 0 saturated carbocycles. The van der Waals surface area contributed by atoms with Crippen molar-refractivity contribution in [1.29, 1.82) is 0 Å². The van der Waals surface area contributed by atoms with Crippen molar-refractivity contribution >= 4 is 5.97 Å². The molecule has 0 unspecified atom stereocenters. The Bertz CT molecular complexity index is 450. The van der Waals surface area contributed by atoms with Crippen molar-refractivity contribution in [2.24, 2.45) is 0 Å². The summed E-state index contributed by atoms with van der Waals surface area (Å²) in [6.45, 7) is 3.72. The van der Waals surface area contributed by atoms with Gasteiger partial charge in [-0.2, -0.15) is 0 Å². The molecule has 1 heterocycles. The van der Waals surface area contributed by atoms with Crippen LogP contribution < -0.4 is 0 Å². The first-order valence-electron chi connectivity index (χ1n) is 4.39. The van der Waals surface area contributed by atoms with Gasteiger partial charge in [0.1, 0.15) is 5.60 Å². The van der Waals surface area contributed by atoms with Gasteiger partial charge in [-0.15, -0.1) is 6.42 Å². The molecule has 0 N–H and O–H groups in total. The van der Waals surface area contributed by atoms with Gasteiger partial charge in [0.05, 0.1) is 5.56 Å². The van der Waals surface area contributed by atoms with Crippen LogP contribution >= 0.6 is 0 Å². The zero-order valence-electron chi connectivity index (χ0n) is 8.13. The third-order valence-electron chi connectivity index (χ3n) is 2.40.